The van der Waals surface area contributed by atoms with Crippen LogP contribution in [0.2, 0.25) is 0 Å². The molecule has 48 valence electrons. The van der Waals surface area contributed by atoms with Crippen LogP contribution in [0.15, 0.2) is 0 Å². The van der Waals surface area contributed by atoms with Gasteiger partial charge in [0.1, 0.15) is 5.75 Å². The molecule has 0 bridgehead atoms. The fourth-order valence-corrected chi connectivity index (χ4v) is 0.456. The third kappa shape index (κ3) is 3.91. The lowest BCUT2D eigenvalue weighted by molar-refractivity contribution is -0.122. The van der Waals surface area contributed by atoms with Gasteiger partial charge >= 0.3 is 0 Å². The van der Waals surface area contributed by atoms with Crippen molar-refractivity contribution in [1.82, 2.24) is 5.32 Å². The van der Waals surface area contributed by atoms with Gasteiger partial charge in [-0.2, -0.15) is 4.33 Å². The summed E-state index contributed by atoms with van der Waals surface area (Å²) in [6.07, 6.45) is 0. The SMILES string of the molecule is CNC(=O)CSOO. The van der Waals surface area contributed by atoms with E-state index < -0.39 is 0 Å². The molecule has 5 heteroatoms. The second-order valence-electron chi connectivity index (χ2n) is 1.01. The second kappa shape index (κ2) is 4.89. The predicted molar refractivity (Wildman–Crippen MR) is 30.2 cm³/mol. The first-order valence-corrected chi connectivity index (χ1v) is 2.86. The number of carbonyl (C=O) groups excluding carboxylic acids is 1. The van der Waals surface area contributed by atoms with Crippen molar-refractivity contribution in [3.05, 3.63) is 0 Å². The fraction of sp³-hybridized carbons (Fsp3) is 0.667. The van der Waals surface area contributed by atoms with E-state index in [9.17, 15) is 4.79 Å². The summed E-state index contributed by atoms with van der Waals surface area (Å²) in [5.74, 6) is -0.0588. The first kappa shape index (κ1) is 7.74. The molecule has 1 amide bonds. The highest BCUT2D eigenvalue weighted by Crippen LogP contribution is 1.95. The maximum absolute atomic E-state index is 10.2. The molecular formula is C3H7NO3S. The standard InChI is InChI=1S/C3H7NO3S/c1-4-3(5)2-8-7-6/h6H,2H2,1H3,(H,4,5). The largest absolute Gasteiger partial charge is 0.358 e. The van der Waals surface area contributed by atoms with E-state index in [-0.39, 0.29) is 11.7 Å². The molecule has 0 aliphatic heterocycles. The molecule has 4 nitrogen and oxygen atoms in total. The van der Waals surface area contributed by atoms with E-state index in [1.807, 2.05) is 0 Å². The molecule has 0 fully saturated rings. The van der Waals surface area contributed by atoms with E-state index in [0.717, 1.165) is 0 Å². The molecule has 0 unspecified atom stereocenters. The van der Waals surface area contributed by atoms with Crippen LogP contribution in [-0.2, 0) is 9.13 Å². The fourth-order valence-electron chi connectivity index (χ4n) is 0.152. The highest BCUT2D eigenvalue weighted by Gasteiger charge is 1.95. The van der Waals surface area contributed by atoms with Gasteiger partial charge in [0.25, 0.3) is 0 Å². The normalized spacial score (nSPS) is 8.75. The third-order valence-corrected chi connectivity index (χ3v) is 1.01. The molecule has 0 rings (SSSR count). The molecule has 0 aliphatic rings. The third-order valence-electron chi connectivity index (χ3n) is 0.522. The van der Waals surface area contributed by atoms with Crippen molar-refractivity contribution in [2.75, 3.05) is 12.8 Å². The Bertz CT molecular complexity index is 76.9. The summed E-state index contributed by atoms with van der Waals surface area (Å²) in [7, 11) is 1.51. The molecule has 0 atom stereocenters. The van der Waals surface area contributed by atoms with Crippen molar-refractivity contribution in [2.24, 2.45) is 0 Å². The molecular weight excluding hydrogens is 130 g/mol. The molecule has 8 heavy (non-hydrogen) atoms. The van der Waals surface area contributed by atoms with Crippen molar-refractivity contribution >= 4 is 17.9 Å². The van der Waals surface area contributed by atoms with Crippen LogP contribution in [0, 0.1) is 0 Å². The summed E-state index contributed by atoms with van der Waals surface area (Å²) in [6.45, 7) is 0. The Morgan fingerprint density at radius 2 is 2.62 bits per heavy atom. The van der Waals surface area contributed by atoms with E-state index in [1.54, 1.807) is 0 Å². The van der Waals surface area contributed by atoms with Crippen LogP contribution in [0.5, 0.6) is 0 Å². The molecule has 0 radical (unpaired) electrons. The van der Waals surface area contributed by atoms with Gasteiger partial charge in [-0.25, -0.2) is 5.26 Å². The minimum Gasteiger partial charge on any atom is -0.358 e. The summed E-state index contributed by atoms with van der Waals surface area (Å²) < 4.78 is 3.57. The first-order valence-electron chi connectivity index (χ1n) is 1.95. The zero-order valence-corrected chi connectivity index (χ0v) is 5.20. The van der Waals surface area contributed by atoms with Crippen LogP contribution in [0.3, 0.4) is 0 Å². The summed E-state index contributed by atoms with van der Waals surface area (Å²) in [6, 6.07) is 0. The minimum absolute atomic E-state index is 0.118. The lowest BCUT2D eigenvalue weighted by Crippen LogP contribution is -2.19. The number of rotatable bonds is 3. The Labute approximate surface area is 51.3 Å². The average Bonchev–Trinajstić information content (AvgIpc) is 1.83. The molecule has 0 aromatic heterocycles. The van der Waals surface area contributed by atoms with Gasteiger partial charge in [0, 0.05) is 19.1 Å². The summed E-state index contributed by atoms with van der Waals surface area (Å²) in [4.78, 5) is 10.2. The molecule has 0 saturated heterocycles. The van der Waals surface area contributed by atoms with E-state index in [2.05, 4.69) is 9.65 Å². The summed E-state index contributed by atoms with van der Waals surface area (Å²) in [5.41, 5.74) is 0. The minimum atomic E-state index is -0.177. The second-order valence-corrected chi connectivity index (χ2v) is 1.68. The Morgan fingerprint density at radius 3 is 3.00 bits per heavy atom. The Balaban J connectivity index is 2.99. The molecule has 0 aromatic carbocycles. The molecule has 0 spiro atoms. The lowest BCUT2D eigenvalue weighted by atomic mass is 10.7. The monoisotopic (exact) mass is 137 g/mol. The first-order chi connectivity index (χ1) is 3.81. The van der Waals surface area contributed by atoms with Gasteiger partial charge in [-0.3, -0.25) is 4.79 Å². The van der Waals surface area contributed by atoms with E-state index in [4.69, 9.17) is 5.26 Å². The van der Waals surface area contributed by atoms with Crippen LogP contribution in [0.4, 0.5) is 0 Å². The molecule has 0 aromatic rings. The number of carbonyl (C=O) groups is 1. The Kier molecular flexibility index (Phi) is 4.73. The van der Waals surface area contributed by atoms with Gasteiger partial charge in [-0.15, -0.1) is 0 Å². The van der Waals surface area contributed by atoms with Crippen LogP contribution in [-0.4, -0.2) is 24.0 Å². The van der Waals surface area contributed by atoms with Gasteiger partial charge in [0.05, 0.1) is 0 Å². The van der Waals surface area contributed by atoms with E-state index >= 15 is 0 Å². The van der Waals surface area contributed by atoms with Crippen LogP contribution >= 0.6 is 12.0 Å². The zero-order valence-electron chi connectivity index (χ0n) is 4.38. The number of amides is 1. The quantitative estimate of drug-likeness (QED) is 0.323. The number of hydrogen-bond acceptors (Lipinski definition) is 4. The smallest absolute Gasteiger partial charge is 0.232 e. The van der Waals surface area contributed by atoms with Gasteiger partial charge in [0.15, 0.2) is 0 Å². The Hall–Kier alpha value is -0.260. The molecule has 0 saturated carbocycles. The molecule has 0 heterocycles. The van der Waals surface area contributed by atoms with Crippen molar-refractivity contribution in [1.29, 1.82) is 0 Å². The Morgan fingerprint density at radius 1 is 2.00 bits per heavy atom. The van der Waals surface area contributed by atoms with Gasteiger partial charge in [-0.05, 0) is 0 Å². The van der Waals surface area contributed by atoms with Crippen molar-refractivity contribution in [3.8, 4) is 0 Å². The topological polar surface area (TPSA) is 58.6 Å². The number of hydrogen-bond donors (Lipinski definition) is 2. The number of nitrogens with one attached hydrogen (secondary N) is 1. The van der Waals surface area contributed by atoms with E-state index in [1.165, 1.54) is 7.05 Å². The summed E-state index contributed by atoms with van der Waals surface area (Å²) >= 11 is 0.684. The lowest BCUT2D eigenvalue weighted by Gasteiger charge is -1.92. The molecule has 2 N–H and O–H groups in total. The van der Waals surface area contributed by atoms with Crippen LogP contribution in [0.25, 0.3) is 0 Å². The van der Waals surface area contributed by atoms with Crippen molar-refractivity contribution in [2.45, 2.75) is 0 Å². The maximum Gasteiger partial charge on any atom is 0.232 e. The molecule has 0 aliphatic carbocycles. The highest BCUT2D eigenvalue weighted by molar-refractivity contribution is 7.95. The van der Waals surface area contributed by atoms with Crippen LogP contribution in [0.1, 0.15) is 0 Å². The van der Waals surface area contributed by atoms with Gasteiger partial charge in [0.2, 0.25) is 5.91 Å². The van der Waals surface area contributed by atoms with Crippen LogP contribution < -0.4 is 5.32 Å². The maximum atomic E-state index is 10.2. The van der Waals surface area contributed by atoms with Crippen molar-refractivity contribution < 1.29 is 14.4 Å². The summed E-state index contributed by atoms with van der Waals surface area (Å²) in [5, 5.41) is 10.0. The highest BCUT2D eigenvalue weighted by atomic mass is 32.2. The van der Waals surface area contributed by atoms with E-state index in [0.29, 0.717) is 12.0 Å². The van der Waals surface area contributed by atoms with Crippen molar-refractivity contribution in [3.63, 3.8) is 0 Å². The zero-order chi connectivity index (χ0) is 6.41. The predicted octanol–water partition coefficient (Wildman–Crippen LogP) is -0.130. The average molecular weight is 137 g/mol. The van der Waals surface area contributed by atoms with Gasteiger partial charge in [-0.1, -0.05) is 0 Å². The van der Waals surface area contributed by atoms with Gasteiger partial charge < -0.3 is 5.32 Å².